The van der Waals surface area contributed by atoms with Gasteiger partial charge in [0, 0.05) is 16.4 Å². The molecule has 0 saturated carbocycles. The van der Waals surface area contributed by atoms with E-state index in [4.69, 9.17) is 5.73 Å². The molecule has 0 aromatic heterocycles. The van der Waals surface area contributed by atoms with Crippen molar-refractivity contribution < 1.29 is 0 Å². The first-order valence-corrected chi connectivity index (χ1v) is 6.28. The van der Waals surface area contributed by atoms with Crippen LogP contribution in [-0.2, 0) is 0 Å². The first-order valence-electron chi connectivity index (χ1n) is 5.49. The maximum atomic E-state index is 5.82. The first kappa shape index (κ1) is 11.8. The van der Waals surface area contributed by atoms with Gasteiger partial charge in [0.05, 0.1) is 0 Å². The van der Waals surface area contributed by atoms with Crippen LogP contribution in [-0.4, -0.2) is 4.32 Å². The van der Waals surface area contributed by atoms with E-state index in [0.29, 0.717) is 0 Å². The lowest BCUT2D eigenvalue weighted by Gasteiger charge is -2.26. The molecule has 0 saturated heterocycles. The van der Waals surface area contributed by atoms with Crippen molar-refractivity contribution in [1.82, 2.24) is 0 Å². The van der Waals surface area contributed by atoms with Crippen molar-refractivity contribution in [1.29, 1.82) is 0 Å². The standard InChI is InChI=1S/C12H20BrN/c1-2-3-4-5-8-12(13)9-6-7-11(14)10-12/h6-7,9H,2-5,8,10,14H2,1H3. The fourth-order valence-corrected chi connectivity index (χ4v) is 2.58. The molecular formula is C12H20BrN. The zero-order valence-corrected chi connectivity index (χ0v) is 10.5. The summed E-state index contributed by atoms with van der Waals surface area (Å²) >= 11 is 3.78. The predicted molar refractivity (Wildman–Crippen MR) is 66.4 cm³/mol. The maximum Gasteiger partial charge on any atom is 0.0494 e. The van der Waals surface area contributed by atoms with E-state index in [-0.39, 0.29) is 4.32 Å². The van der Waals surface area contributed by atoms with Gasteiger partial charge in [0.2, 0.25) is 0 Å². The minimum absolute atomic E-state index is 0.138. The second-order valence-electron chi connectivity index (χ2n) is 4.12. The Hall–Kier alpha value is -0.240. The van der Waals surface area contributed by atoms with E-state index >= 15 is 0 Å². The number of hydrogen-bond acceptors (Lipinski definition) is 1. The molecule has 2 N–H and O–H groups in total. The van der Waals surface area contributed by atoms with Crippen LogP contribution in [0.2, 0.25) is 0 Å². The molecule has 0 radical (unpaired) electrons. The average Bonchev–Trinajstić information content (AvgIpc) is 2.12. The second kappa shape index (κ2) is 5.59. The molecule has 1 unspecified atom stereocenters. The van der Waals surface area contributed by atoms with Crippen molar-refractivity contribution in [3.63, 3.8) is 0 Å². The molecule has 1 atom stereocenters. The Morgan fingerprint density at radius 1 is 1.43 bits per heavy atom. The molecule has 1 nitrogen and oxygen atoms in total. The quantitative estimate of drug-likeness (QED) is 0.587. The first-order chi connectivity index (χ1) is 6.66. The Bertz CT molecular complexity index is 232. The molecule has 14 heavy (non-hydrogen) atoms. The Kier molecular flexibility index (Phi) is 4.73. The zero-order chi connectivity index (χ0) is 10.4. The van der Waals surface area contributed by atoms with Gasteiger partial charge >= 0.3 is 0 Å². The van der Waals surface area contributed by atoms with Crippen LogP contribution in [0.3, 0.4) is 0 Å². The van der Waals surface area contributed by atoms with Crippen LogP contribution >= 0.6 is 15.9 Å². The van der Waals surface area contributed by atoms with Crippen molar-refractivity contribution in [2.24, 2.45) is 5.73 Å². The normalized spacial score (nSPS) is 26.3. The van der Waals surface area contributed by atoms with Crippen LogP contribution < -0.4 is 5.73 Å². The monoisotopic (exact) mass is 257 g/mol. The number of nitrogens with two attached hydrogens (primary N) is 1. The van der Waals surface area contributed by atoms with Crippen molar-refractivity contribution in [2.45, 2.75) is 49.8 Å². The Balaban J connectivity index is 2.29. The highest BCUT2D eigenvalue weighted by Gasteiger charge is 2.24. The molecule has 1 aliphatic rings. The minimum Gasteiger partial charge on any atom is -0.402 e. The molecule has 0 bridgehead atoms. The van der Waals surface area contributed by atoms with Crippen molar-refractivity contribution in [2.75, 3.05) is 0 Å². The molecule has 0 aliphatic heterocycles. The molecule has 0 fully saturated rings. The van der Waals surface area contributed by atoms with Crippen molar-refractivity contribution >= 4 is 15.9 Å². The molecule has 0 aromatic rings. The predicted octanol–water partition coefficient (Wildman–Crippen LogP) is 3.89. The van der Waals surface area contributed by atoms with E-state index in [1.54, 1.807) is 0 Å². The fraction of sp³-hybridized carbons (Fsp3) is 0.667. The zero-order valence-electron chi connectivity index (χ0n) is 8.93. The van der Waals surface area contributed by atoms with Gasteiger partial charge in [-0.05, 0) is 12.5 Å². The van der Waals surface area contributed by atoms with Gasteiger partial charge in [0.1, 0.15) is 0 Å². The number of unbranched alkanes of at least 4 members (excludes halogenated alkanes) is 3. The summed E-state index contributed by atoms with van der Waals surface area (Å²) in [5.41, 5.74) is 6.81. The van der Waals surface area contributed by atoms with Crippen LogP contribution in [0.4, 0.5) is 0 Å². The molecule has 1 rings (SSSR count). The summed E-state index contributed by atoms with van der Waals surface area (Å²) in [7, 11) is 0. The number of halogens is 1. The number of rotatable bonds is 5. The maximum absolute atomic E-state index is 5.82. The molecule has 0 amide bonds. The van der Waals surface area contributed by atoms with Gasteiger partial charge < -0.3 is 5.73 Å². The van der Waals surface area contributed by atoms with E-state index in [1.165, 1.54) is 32.1 Å². The largest absolute Gasteiger partial charge is 0.402 e. The van der Waals surface area contributed by atoms with Gasteiger partial charge in [0.25, 0.3) is 0 Å². The van der Waals surface area contributed by atoms with E-state index in [1.807, 2.05) is 6.08 Å². The Labute approximate surface area is 95.6 Å². The highest BCUT2D eigenvalue weighted by atomic mass is 79.9. The van der Waals surface area contributed by atoms with E-state index < -0.39 is 0 Å². The van der Waals surface area contributed by atoms with Crippen molar-refractivity contribution in [3.05, 3.63) is 23.9 Å². The van der Waals surface area contributed by atoms with Gasteiger partial charge in [-0.2, -0.15) is 0 Å². The van der Waals surface area contributed by atoms with E-state index in [9.17, 15) is 0 Å². The fourth-order valence-electron chi connectivity index (χ4n) is 1.82. The summed E-state index contributed by atoms with van der Waals surface area (Å²) in [6, 6.07) is 0. The summed E-state index contributed by atoms with van der Waals surface area (Å²) < 4.78 is 0.138. The number of alkyl halides is 1. The summed E-state index contributed by atoms with van der Waals surface area (Å²) in [5, 5.41) is 0. The second-order valence-corrected chi connectivity index (χ2v) is 5.70. The summed E-state index contributed by atoms with van der Waals surface area (Å²) in [6.07, 6.45) is 13.7. The van der Waals surface area contributed by atoms with Gasteiger partial charge in [-0.1, -0.05) is 60.7 Å². The third kappa shape index (κ3) is 3.87. The topological polar surface area (TPSA) is 26.0 Å². The Morgan fingerprint density at radius 2 is 2.21 bits per heavy atom. The lowest BCUT2D eigenvalue weighted by atomic mass is 9.92. The summed E-state index contributed by atoms with van der Waals surface area (Å²) in [4.78, 5) is 0. The third-order valence-corrected chi connectivity index (χ3v) is 3.59. The SMILES string of the molecule is CCCCCCC1(Br)C=CC=C(N)C1. The van der Waals surface area contributed by atoms with Gasteiger partial charge in [-0.25, -0.2) is 0 Å². The molecule has 80 valence electrons. The van der Waals surface area contributed by atoms with Crippen LogP contribution in [0, 0.1) is 0 Å². The molecule has 1 aliphatic carbocycles. The lowest BCUT2D eigenvalue weighted by molar-refractivity contribution is 0.562. The van der Waals surface area contributed by atoms with Gasteiger partial charge in [-0.3, -0.25) is 0 Å². The molecular weight excluding hydrogens is 238 g/mol. The Morgan fingerprint density at radius 3 is 2.86 bits per heavy atom. The molecule has 0 spiro atoms. The molecule has 2 heteroatoms. The van der Waals surface area contributed by atoms with Crippen molar-refractivity contribution in [3.8, 4) is 0 Å². The average molecular weight is 258 g/mol. The summed E-state index contributed by atoms with van der Waals surface area (Å²) in [6.45, 7) is 2.24. The van der Waals surface area contributed by atoms with Crippen LogP contribution in [0.15, 0.2) is 23.9 Å². The molecule has 0 aromatic carbocycles. The smallest absolute Gasteiger partial charge is 0.0494 e. The third-order valence-electron chi connectivity index (χ3n) is 2.65. The van der Waals surface area contributed by atoms with Gasteiger partial charge in [-0.15, -0.1) is 0 Å². The van der Waals surface area contributed by atoms with Crippen LogP contribution in [0.1, 0.15) is 45.4 Å². The van der Waals surface area contributed by atoms with Crippen LogP contribution in [0.5, 0.6) is 0 Å². The number of allylic oxidation sites excluding steroid dienone is 4. The van der Waals surface area contributed by atoms with E-state index in [2.05, 4.69) is 35.0 Å². The highest BCUT2D eigenvalue weighted by molar-refractivity contribution is 9.10. The number of hydrogen-bond donors (Lipinski definition) is 1. The highest BCUT2D eigenvalue weighted by Crippen LogP contribution is 2.34. The van der Waals surface area contributed by atoms with E-state index in [0.717, 1.165) is 12.1 Å². The van der Waals surface area contributed by atoms with Gasteiger partial charge in [0.15, 0.2) is 0 Å². The summed E-state index contributed by atoms with van der Waals surface area (Å²) in [5.74, 6) is 0. The molecule has 0 heterocycles. The minimum atomic E-state index is 0.138. The lowest BCUT2D eigenvalue weighted by Crippen LogP contribution is -2.23. The van der Waals surface area contributed by atoms with Crippen LogP contribution in [0.25, 0.3) is 0 Å².